The van der Waals surface area contributed by atoms with Crippen LogP contribution >= 0.6 is 0 Å². The Bertz CT molecular complexity index is 450. The normalized spacial score (nSPS) is 28.7. The summed E-state index contributed by atoms with van der Waals surface area (Å²) in [5.41, 5.74) is -0.569. The zero-order chi connectivity index (χ0) is 15.5. The lowest BCUT2D eigenvalue weighted by molar-refractivity contribution is -0.111. The highest BCUT2D eigenvalue weighted by Gasteiger charge is 2.38. The number of rotatable bonds is 3. The van der Waals surface area contributed by atoms with Gasteiger partial charge < -0.3 is 14.3 Å². The van der Waals surface area contributed by atoms with Crippen LogP contribution in [0, 0.1) is 0 Å². The van der Waals surface area contributed by atoms with Crippen LogP contribution in [0.1, 0.15) is 33.6 Å². The molecule has 0 bridgehead atoms. The third kappa shape index (κ3) is 4.43. The van der Waals surface area contributed by atoms with Crippen molar-refractivity contribution in [2.24, 2.45) is 0 Å². The third-order valence-corrected chi connectivity index (χ3v) is 3.40. The molecule has 5 nitrogen and oxygen atoms in total. The van der Waals surface area contributed by atoms with Gasteiger partial charge in [-0.15, -0.1) is 0 Å². The molecule has 1 aliphatic heterocycles. The summed E-state index contributed by atoms with van der Waals surface area (Å²) < 4.78 is 11.3. The largest absolute Gasteiger partial charge is 0.444 e. The molecule has 0 radical (unpaired) electrons. The molecule has 116 valence electrons. The van der Waals surface area contributed by atoms with Crippen molar-refractivity contribution in [2.45, 2.75) is 57.5 Å². The minimum absolute atomic E-state index is 0.0193. The number of carbonyl (C=O) groups excluding carboxylic acids is 2. The van der Waals surface area contributed by atoms with Crippen LogP contribution in [-0.2, 0) is 14.3 Å². The molecule has 0 N–H and O–H groups in total. The van der Waals surface area contributed by atoms with Gasteiger partial charge in [0.15, 0.2) is 0 Å². The molecule has 0 aromatic carbocycles. The van der Waals surface area contributed by atoms with E-state index in [1.807, 2.05) is 45.1 Å². The molecule has 1 aliphatic carbocycles. The first-order valence-electron chi connectivity index (χ1n) is 7.33. The van der Waals surface area contributed by atoms with Gasteiger partial charge in [-0.2, -0.15) is 0 Å². The van der Waals surface area contributed by atoms with Gasteiger partial charge in [0.1, 0.15) is 11.9 Å². The molecule has 1 saturated heterocycles. The van der Waals surface area contributed by atoms with Gasteiger partial charge in [-0.05, 0) is 27.2 Å². The maximum atomic E-state index is 12.1. The Kier molecular flexibility index (Phi) is 4.83. The van der Waals surface area contributed by atoms with E-state index in [0.29, 0.717) is 13.0 Å². The van der Waals surface area contributed by atoms with E-state index in [2.05, 4.69) is 0 Å². The van der Waals surface area contributed by atoms with Crippen molar-refractivity contribution in [3.63, 3.8) is 0 Å². The van der Waals surface area contributed by atoms with Crippen LogP contribution in [0.5, 0.6) is 0 Å². The lowest BCUT2D eigenvalue weighted by Crippen LogP contribution is -2.41. The van der Waals surface area contributed by atoms with E-state index in [4.69, 9.17) is 9.47 Å². The SMILES string of the molecule is CC(C)(C)OC(=O)N1CC(OC2C=CC=CC2)CC1C=O. The molecule has 0 spiro atoms. The highest BCUT2D eigenvalue weighted by molar-refractivity contribution is 5.74. The average Bonchev–Trinajstić information content (AvgIpc) is 2.81. The monoisotopic (exact) mass is 293 g/mol. The maximum Gasteiger partial charge on any atom is 0.410 e. The Morgan fingerprint density at radius 3 is 2.67 bits per heavy atom. The van der Waals surface area contributed by atoms with Gasteiger partial charge in [-0.1, -0.05) is 24.3 Å². The van der Waals surface area contributed by atoms with Gasteiger partial charge in [0, 0.05) is 6.42 Å². The van der Waals surface area contributed by atoms with Gasteiger partial charge in [-0.25, -0.2) is 4.79 Å². The Morgan fingerprint density at radius 1 is 1.33 bits per heavy atom. The number of nitrogens with zero attached hydrogens (tertiary/aromatic N) is 1. The standard InChI is InChI=1S/C16H23NO4/c1-16(2,3)21-15(19)17-10-14(9-12(17)11-18)20-13-7-5-4-6-8-13/h4-7,11-14H,8-10H2,1-3H3. The van der Waals surface area contributed by atoms with E-state index in [0.717, 1.165) is 12.7 Å². The number of hydrogen-bond acceptors (Lipinski definition) is 4. The molecule has 1 heterocycles. The molecule has 1 fully saturated rings. The quantitative estimate of drug-likeness (QED) is 0.750. The minimum atomic E-state index is -0.569. The van der Waals surface area contributed by atoms with E-state index < -0.39 is 17.7 Å². The van der Waals surface area contributed by atoms with E-state index >= 15 is 0 Å². The summed E-state index contributed by atoms with van der Waals surface area (Å²) in [5.74, 6) is 0. The fourth-order valence-electron chi connectivity index (χ4n) is 2.49. The first-order valence-corrected chi connectivity index (χ1v) is 7.33. The van der Waals surface area contributed by atoms with Gasteiger partial charge in [0.2, 0.25) is 0 Å². The lowest BCUT2D eigenvalue weighted by Gasteiger charge is -2.26. The van der Waals surface area contributed by atoms with Crippen LogP contribution in [-0.4, -0.2) is 47.7 Å². The van der Waals surface area contributed by atoms with Crippen molar-refractivity contribution in [1.82, 2.24) is 4.90 Å². The third-order valence-electron chi connectivity index (χ3n) is 3.40. The van der Waals surface area contributed by atoms with Crippen LogP contribution in [0.25, 0.3) is 0 Å². The van der Waals surface area contributed by atoms with E-state index in [1.165, 1.54) is 4.90 Å². The molecule has 2 rings (SSSR count). The minimum Gasteiger partial charge on any atom is -0.444 e. The Labute approximate surface area is 125 Å². The van der Waals surface area contributed by atoms with Crippen LogP contribution in [0.4, 0.5) is 4.79 Å². The predicted molar refractivity (Wildman–Crippen MR) is 79.0 cm³/mol. The molecule has 0 aromatic rings. The smallest absolute Gasteiger partial charge is 0.410 e. The van der Waals surface area contributed by atoms with E-state index in [1.54, 1.807) is 0 Å². The van der Waals surface area contributed by atoms with Crippen molar-refractivity contribution in [1.29, 1.82) is 0 Å². The van der Waals surface area contributed by atoms with Gasteiger partial charge in [0.25, 0.3) is 0 Å². The van der Waals surface area contributed by atoms with Gasteiger partial charge >= 0.3 is 6.09 Å². The highest BCUT2D eigenvalue weighted by Crippen LogP contribution is 2.24. The average molecular weight is 293 g/mol. The molecule has 0 aromatic heterocycles. The van der Waals surface area contributed by atoms with Crippen LogP contribution < -0.4 is 0 Å². The molecule has 0 saturated carbocycles. The van der Waals surface area contributed by atoms with Crippen molar-refractivity contribution >= 4 is 12.4 Å². The molecule has 3 atom stereocenters. The topological polar surface area (TPSA) is 55.8 Å². The highest BCUT2D eigenvalue weighted by atomic mass is 16.6. The summed E-state index contributed by atoms with van der Waals surface area (Å²) in [6, 6.07) is -0.465. The summed E-state index contributed by atoms with van der Waals surface area (Å²) in [6.07, 6.45) is 9.55. The Balaban J connectivity index is 1.93. The first-order chi connectivity index (χ1) is 9.89. The second-order valence-corrected chi connectivity index (χ2v) is 6.42. The fraction of sp³-hybridized carbons (Fsp3) is 0.625. The van der Waals surface area contributed by atoms with E-state index in [9.17, 15) is 9.59 Å². The Hall–Kier alpha value is -1.62. The molecule has 1 amide bonds. The van der Waals surface area contributed by atoms with E-state index in [-0.39, 0.29) is 12.2 Å². The zero-order valence-electron chi connectivity index (χ0n) is 12.8. The molecule has 21 heavy (non-hydrogen) atoms. The summed E-state index contributed by atoms with van der Waals surface area (Å²) in [5, 5.41) is 0. The number of likely N-dealkylation sites (tertiary alicyclic amines) is 1. The summed E-state index contributed by atoms with van der Waals surface area (Å²) in [6.45, 7) is 5.82. The van der Waals surface area contributed by atoms with Crippen LogP contribution in [0.3, 0.4) is 0 Å². The number of aldehydes is 1. The predicted octanol–water partition coefficient (Wildman–Crippen LogP) is 2.46. The first kappa shape index (κ1) is 15.8. The van der Waals surface area contributed by atoms with Crippen molar-refractivity contribution < 1.29 is 19.1 Å². The summed E-state index contributed by atoms with van der Waals surface area (Å²) in [4.78, 5) is 24.8. The number of amides is 1. The molecule has 2 aliphatic rings. The second kappa shape index (κ2) is 6.43. The zero-order valence-corrected chi connectivity index (χ0v) is 12.8. The number of ether oxygens (including phenoxy) is 2. The number of allylic oxidation sites excluding steroid dienone is 2. The maximum absolute atomic E-state index is 12.1. The summed E-state index contributed by atoms with van der Waals surface area (Å²) in [7, 11) is 0. The summed E-state index contributed by atoms with van der Waals surface area (Å²) >= 11 is 0. The number of hydrogen-bond donors (Lipinski definition) is 0. The molecular formula is C16H23NO4. The van der Waals surface area contributed by atoms with Crippen LogP contribution in [0.2, 0.25) is 0 Å². The molecule has 3 unspecified atom stereocenters. The van der Waals surface area contributed by atoms with Crippen molar-refractivity contribution in [3.05, 3.63) is 24.3 Å². The Morgan fingerprint density at radius 2 is 2.10 bits per heavy atom. The van der Waals surface area contributed by atoms with Crippen molar-refractivity contribution in [3.8, 4) is 0 Å². The fourth-order valence-corrected chi connectivity index (χ4v) is 2.49. The second-order valence-electron chi connectivity index (χ2n) is 6.42. The molecule has 5 heteroatoms. The van der Waals surface area contributed by atoms with Gasteiger partial charge in [0.05, 0.1) is 24.8 Å². The van der Waals surface area contributed by atoms with Crippen LogP contribution in [0.15, 0.2) is 24.3 Å². The number of carbonyl (C=O) groups is 2. The molecular weight excluding hydrogens is 270 g/mol. The van der Waals surface area contributed by atoms with Crippen molar-refractivity contribution in [2.75, 3.05) is 6.54 Å². The lowest BCUT2D eigenvalue weighted by atomic mass is 10.1. The van der Waals surface area contributed by atoms with Gasteiger partial charge in [-0.3, -0.25) is 4.90 Å².